The number of ether oxygens (including phenoxy) is 1. The summed E-state index contributed by atoms with van der Waals surface area (Å²) < 4.78 is 5.24. The summed E-state index contributed by atoms with van der Waals surface area (Å²) in [4.78, 5) is 6.85. The van der Waals surface area contributed by atoms with Crippen LogP contribution < -0.4 is 15.4 Å². The van der Waals surface area contributed by atoms with E-state index in [9.17, 15) is 5.11 Å². The van der Waals surface area contributed by atoms with Crippen molar-refractivity contribution >= 4 is 29.9 Å². The Morgan fingerprint density at radius 3 is 2.57 bits per heavy atom. The molecule has 1 heterocycles. The van der Waals surface area contributed by atoms with E-state index in [1.807, 2.05) is 6.07 Å². The third-order valence-electron chi connectivity index (χ3n) is 5.54. The lowest BCUT2D eigenvalue weighted by Gasteiger charge is -2.33. The highest BCUT2D eigenvalue weighted by Crippen LogP contribution is 2.22. The molecule has 30 heavy (non-hydrogen) atoms. The summed E-state index contributed by atoms with van der Waals surface area (Å²) in [6, 6.07) is 14.2. The van der Waals surface area contributed by atoms with Gasteiger partial charge in [-0.15, -0.1) is 24.0 Å². The molecule has 0 radical (unpaired) electrons. The number of halogens is 1. The maximum absolute atomic E-state index is 10.0. The minimum atomic E-state index is 0. The minimum Gasteiger partial charge on any atom is -0.508 e. The zero-order valence-electron chi connectivity index (χ0n) is 18.0. The topological polar surface area (TPSA) is 69.1 Å². The van der Waals surface area contributed by atoms with Gasteiger partial charge in [0.05, 0.1) is 7.11 Å². The van der Waals surface area contributed by atoms with Gasteiger partial charge in [-0.05, 0) is 49.1 Å². The quantitative estimate of drug-likeness (QED) is 0.306. The maximum atomic E-state index is 10.0. The Balaban J connectivity index is 0.00000320. The Kier molecular flexibility index (Phi) is 9.71. The Labute approximate surface area is 196 Å². The highest BCUT2D eigenvalue weighted by atomic mass is 127. The first kappa shape index (κ1) is 24.3. The van der Waals surface area contributed by atoms with Crippen LogP contribution in [0.4, 0.5) is 0 Å². The molecule has 0 aliphatic carbocycles. The number of guanidine groups is 1. The van der Waals surface area contributed by atoms with Crippen molar-refractivity contribution in [2.24, 2.45) is 4.99 Å². The Morgan fingerprint density at radius 2 is 1.90 bits per heavy atom. The second kappa shape index (κ2) is 12.0. The number of aromatic hydroxyl groups is 1. The smallest absolute Gasteiger partial charge is 0.191 e. The minimum absolute atomic E-state index is 0. The second-order valence-electron chi connectivity index (χ2n) is 7.54. The summed E-state index contributed by atoms with van der Waals surface area (Å²) in [6.07, 6.45) is 2.16. The van der Waals surface area contributed by atoms with E-state index in [0.29, 0.717) is 12.6 Å². The Morgan fingerprint density at radius 1 is 1.17 bits per heavy atom. The molecule has 0 bridgehead atoms. The van der Waals surface area contributed by atoms with Crippen LogP contribution in [0, 0.1) is 6.92 Å². The van der Waals surface area contributed by atoms with Crippen molar-refractivity contribution in [1.82, 2.24) is 15.5 Å². The SMILES string of the molecule is CN=C(NCc1cc(OC)ccc1O)NC1CCN(Cc2ccccc2C)CC1.I. The van der Waals surface area contributed by atoms with Gasteiger partial charge in [-0.1, -0.05) is 24.3 Å². The van der Waals surface area contributed by atoms with E-state index in [1.165, 1.54) is 11.1 Å². The van der Waals surface area contributed by atoms with Crippen LogP contribution in [0.5, 0.6) is 11.5 Å². The average molecular weight is 524 g/mol. The van der Waals surface area contributed by atoms with Crippen molar-refractivity contribution in [2.45, 2.75) is 38.9 Å². The molecule has 3 N–H and O–H groups in total. The first-order valence-electron chi connectivity index (χ1n) is 10.2. The number of aliphatic imine (C=N–C) groups is 1. The molecule has 1 fully saturated rings. The number of nitrogens with one attached hydrogen (secondary N) is 2. The van der Waals surface area contributed by atoms with Crippen molar-refractivity contribution in [2.75, 3.05) is 27.2 Å². The van der Waals surface area contributed by atoms with Crippen molar-refractivity contribution in [1.29, 1.82) is 0 Å². The summed E-state index contributed by atoms with van der Waals surface area (Å²) in [5.41, 5.74) is 3.55. The first-order valence-corrected chi connectivity index (χ1v) is 10.2. The maximum Gasteiger partial charge on any atom is 0.191 e. The molecule has 7 heteroatoms. The van der Waals surface area contributed by atoms with Gasteiger partial charge in [0.15, 0.2) is 5.96 Å². The summed E-state index contributed by atoms with van der Waals surface area (Å²) in [5.74, 6) is 1.73. The zero-order chi connectivity index (χ0) is 20.6. The van der Waals surface area contributed by atoms with Crippen LogP contribution in [0.25, 0.3) is 0 Å². The van der Waals surface area contributed by atoms with E-state index < -0.39 is 0 Å². The zero-order valence-corrected chi connectivity index (χ0v) is 20.3. The van der Waals surface area contributed by atoms with Gasteiger partial charge < -0.3 is 20.5 Å². The van der Waals surface area contributed by atoms with Crippen LogP contribution in [0.2, 0.25) is 0 Å². The monoisotopic (exact) mass is 524 g/mol. The lowest BCUT2D eigenvalue weighted by Crippen LogP contribution is -2.48. The number of piperidine rings is 1. The second-order valence-corrected chi connectivity index (χ2v) is 7.54. The normalized spacial score (nSPS) is 15.4. The Hall–Kier alpha value is -2.00. The number of nitrogens with zero attached hydrogens (tertiary/aromatic N) is 2. The summed E-state index contributed by atoms with van der Waals surface area (Å²) in [5, 5.41) is 16.9. The van der Waals surface area contributed by atoms with E-state index in [0.717, 1.165) is 49.7 Å². The van der Waals surface area contributed by atoms with Crippen molar-refractivity contribution in [3.05, 3.63) is 59.2 Å². The fraction of sp³-hybridized carbons (Fsp3) is 0.435. The van der Waals surface area contributed by atoms with Crippen molar-refractivity contribution in [3.63, 3.8) is 0 Å². The molecule has 0 spiro atoms. The van der Waals surface area contributed by atoms with Crippen LogP contribution >= 0.6 is 24.0 Å². The Bertz CT molecular complexity index is 836. The van der Waals surface area contributed by atoms with Gasteiger partial charge in [0, 0.05) is 44.8 Å². The third kappa shape index (κ3) is 6.77. The molecule has 0 unspecified atom stereocenters. The number of aryl methyl sites for hydroxylation is 1. The molecule has 6 nitrogen and oxygen atoms in total. The molecule has 0 saturated carbocycles. The van der Waals surface area contributed by atoms with E-state index in [2.05, 4.69) is 51.7 Å². The number of hydrogen-bond acceptors (Lipinski definition) is 4. The van der Waals surface area contributed by atoms with Crippen LogP contribution in [0.15, 0.2) is 47.5 Å². The van der Waals surface area contributed by atoms with Crippen LogP contribution in [-0.2, 0) is 13.1 Å². The number of benzene rings is 2. The lowest BCUT2D eigenvalue weighted by atomic mass is 10.0. The van der Waals surface area contributed by atoms with E-state index in [-0.39, 0.29) is 29.7 Å². The summed E-state index contributed by atoms with van der Waals surface area (Å²) in [7, 11) is 3.39. The standard InChI is InChI=1S/C23H32N4O2.HI/c1-17-6-4-5-7-18(17)16-27-12-10-20(11-13-27)26-23(24-2)25-15-19-14-21(29-3)8-9-22(19)28;/h4-9,14,20,28H,10-13,15-16H2,1-3H3,(H2,24,25,26);1H. The summed E-state index contributed by atoms with van der Waals surface area (Å²) >= 11 is 0. The molecule has 164 valence electrons. The third-order valence-corrected chi connectivity index (χ3v) is 5.54. The molecule has 0 amide bonds. The van der Waals surface area contributed by atoms with Gasteiger partial charge in [0.25, 0.3) is 0 Å². The first-order chi connectivity index (χ1) is 14.1. The molecular weight excluding hydrogens is 491 g/mol. The molecule has 2 aromatic rings. The van der Waals surface area contributed by atoms with Gasteiger partial charge in [0.2, 0.25) is 0 Å². The van der Waals surface area contributed by atoms with Gasteiger partial charge >= 0.3 is 0 Å². The number of hydrogen-bond donors (Lipinski definition) is 3. The number of rotatable bonds is 6. The van der Waals surface area contributed by atoms with E-state index in [1.54, 1.807) is 26.3 Å². The number of phenolic OH excluding ortho intramolecular Hbond substituents is 1. The van der Waals surface area contributed by atoms with E-state index in [4.69, 9.17) is 4.74 Å². The predicted octanol–water partition coefficient (Wildman–Crippen LogP) is 3.66. The molecule has 2 aromatic carbocycles. The highest BCUT2D eigenvalue weighted by Gasteiger charge is 2.20. The van der Waals surface area contributed by atoms with Crippen molar-refractivity contribution < 1.29 is 9.84 Å². The predicted molar refractivity (Wildman–Crippen MR) is 133 cm³/mol. The summed E-state index contributed by atoms with van der Waals surface area (Å²) in [6.45, 7) is 5.81. The fourth-order valence-electron chi connectivity index (χ4n) is 3.66. The lowest BCUT2D eigenvalue weighted by molar-refractivity contribution is 0.198. The molecular formula is C23H33IN4O2. The van der Waals surface area contributed by atoms with Crippen LogP contribution in [-0.4, -0.2) is 49.3 Å². The molecule has 0 aromatic heterocycles. The fourth-order valence-corrected chi connectivity index (χ4v) is 3.66. The van der Waals surface area contributed by atoms with Crippen LogP contribution in [0.3, 0.4) is 0 Å². The largest absolute Gasteiger partial charge is 0.508 e. The van der Waals surface area contributed by atoms with Gasteiger partial charge in [0.1, 0.15) is 11.5 Å². The van der Waals surface area contributed by atoms with Gasteiger partial charge in [-0.2, -0.15) is 0 Å². The molecule has 1 aliphatic heterocycles. The number of phenols is 1. The van der Waals surface area contributed by atoms with Crippen molar-refractivity contribution in [3.8, 4) is 11.5 Å². The molecule has 1 aliphatic rings. The number of methoxy groups -OCH3 is 1. The van der Waals surface area contributed by atoms with Crippen LogP contribution in [0.1, 0.15) is 29.5 Å². The molecule has 0 atom stereocenters. The molecule has 1 saturated heterocycles. The highest BCUT2D eigenvalue weighted by molar-refractivity contribution is 14.0. The average Bonchev–Trinajstić information content (AvgIpc) is 2.75. The van der Waals surface area contributed by atoms with E-state index >= 15 is 0 Å². The number of likely N-dealkylation sites (tertiary alicyclic amines) is 1. The molecule has 3 rings (SSSR count). The van der Waals surface area contributed by atoms with Gasteiger partial charge in [-0.25, -0.2) is 0 Å². The van der Waals surface area contributed by atoms with Gasteiger partial charge in [-0.3, -0.25) is 9.89 Å².